The quantitative estimate of drug-likeness (QED) is 0.524. The van der Waals surface area contributed by atoms with E-state index in [-0.39, 0.29) is 0 Å². The summed E-state index contributed by atoms with van der Waals surface area (Å²) in [5.74, 6) is 7.32. The molecule has 0 spiro atoms. The van der Waals surface area contributed by atoms with E-state index in [0.29, 0.717) is 0 Å². The normalized spacial score (nSPS) is 9.91. The SMILES string of the molecule is CCCCCOc1ccc(C#Cc2ccc(CC)cc2)cc1. The van der Waals surface area contributed by atoms with E-state index >= 15 is 0 Å². The number of unbranched alkanes of at least 4 members (excludes halogenated alkanes) is 2. The van der Waals surface area contributed by atoms with Crippen LogP contribution in [0.4, 0.5) is 0 Å². The number of hydrogen-bond donors (Lipinski definition) is 0. The van der Waals surface area contributed by atoms with Crippen molar-refractivity contribution in [1.82, 2.24) is 0 Å². The van der Waals surface area contributed by atoms with Crippen molar-refractivity contribution < 1.29 is 4.74 Å². The highest BCUT2D eigenvalue weighted by atomic mass is 16.5. The van der Waals surface area contributed by atoms with Gasteiger partial charge in [0, 0.05) is 11.1 Å². The molecule has 0 amide bonds. The van der Waals surface area contributed by atoms with Gasteiger partial charge in [0.2, 0.25) is 0 Å². The second-order valence-corrected chi connectivity index (χ2v) is 5.38. The Morgan fingerprint density at radius 2 is 1.36 bits per heavy atom. The van der Waals surface area contributed by atoms with Crippen LogP contribution >= 0.6 is 0 Å². The second kappa shape index (κ2) is 8.95. The van der Waals surface area contributed by atoms with Crippen LogP contribution in [0.25, 0.3) is 0 Å². The minimum Gasteiger partial charge on any atom is -0.494 e. The Labute approximate surface area is 134 Å². The van der Waals surface area contributed by atoms with E-state index in [1.807, 2.05) is 24.3 Å². The molecular weight excluding hydrogens is 268 g/mol. The summed E-state index contributed by atoms with van der Waals surface area (Å²) in [4.78, 5) is 0. The molecule has 0 aliphatic heterocycles. The fourth-order valence-corrected chi connectivity index (χ4v) is 2.14. The van der Waals surface area contributed by atoms with Crippen molar-refractivity contribution in [2.75, 3.05) is 6.61 Å². The van der Waals surface area contributed by atoms with E-state index in [1.165, 1.54) is 18.4 Å². The van der Waals surface area contributed by atoms with E-state index in [2.05, 4.69) is 50.0 Å². The van der Waals surface area contributed by atoms with Gasteiger partial charge in [0.1, 0.15) is 5.75 Å². The average Bonchev–Trinajstić information content (AvgIpc) is 2.58. The lowest BCUT2D eigenvalue weighted by Gasteiger charge is -2.05. The first-order chi connectivity index (χ1) is 10.8. The van der Waals surface area contributed by atoms with Crippen LogP contribution in [0.5, 0.6) is 5.75 Å². The van der Waals surface area contributed by atoms with Crippen LogP contribution in [-0.2, 0) is 6.42 Å². The van der Waals surface area contributed by atoms with Crippen LogP contribution in [0.2, 0.25) is 0 Å². The Morgan fingerprint density at radius 1 is 0.773 bits per heavy atom. The van der Waals surface area contributed by atoms with Gasteiger partial charge in [0.05, 0.1) is 6.61 Å². The first kappa shape index (κ1) is 16.2. The average molecular weight is 292 g/mol. The summed E-state index contributed by atoms with van der Waals surface area (Å²) in [5.41, 5.74) is 3.41. The van der Waals surface area contributed by atoms with Crippen molar-refractivity contribution in [2.45, 2.75) is 39.5 Å². The molecule has 0 heterocycles. The Morgan fingerprint density at radius 3 is 1.91 bits per heavy atom. The Bertz CT molecular complexity index is 612. The highest BCUT2D eigenvalue weighted by molar-refractivity contribution is 5.44. The van der Waals surface area contributed by atoms with E-state index in [0.717, 1.165) is 36.3 Å². The Hall–Kier alpha value is -2.20. The minimum atomic E-state index is 0.794. The van der Waals surface area contributed by atoms with Gasteiger partial charge in [-0.2, -0.15) is 0 Å². The number of aryl methyl sites for hydroxylation is 1. The van der Waals surface area contributed by atoms with Gasteiger partial charge >= 0.3 is 0 Å². The molecule has 0 saturated carbocycles. The zero-order chi connectivity index (χ0) is 15.6. The summed E-state index contributed by atoms with van der Waals surface area (Å²) < 4.78 is 5.70. The molecule has 1 heteroatoms. The van der Waals surface area contributed by atoms with Crippen LogP contribution in [0, 0.1) is 11.8 Å². The lowest BCUT2D eigenvalue weighted by molar-refractivity contribution is 0.306. The summed E-state index contributed by atoms with van der Waals surface area (Å²) in [6.07, 6.45) is 4.62. The molecule has 2 aromatic rings. The van der Waals surface area contributed by atoms with Crippen LogP contribution in [0.1, 0.15) is 49.8 Å². The number of hydrogen-bond acceptors (Lipinski definition) is 1. The van der Waals surface area contributed by atoms with Crippen LogP contribution in [0.3, 0.4) is 0 Å². The first-order valence-electron chi connectivity index (χ1n) is 8.15. The summed E-state index contributed by atoms with van der Waals surface area (Å²) in [6.45, 7) is 5.15. The summed E-state index contributed by atoms with van der Waals surface area (Å²) >= 11 is 0. The largest absolute Gasteiger partial charge is 0.494 e. The van der Waals surface area contributed by atoms with Crippen molar-refractivity contribution in [2.24, 2.45) is 0 Å². The van der Waals surface area contributed by atoms with Crippen LogP contribution in [0.15, 0.2) is 48.5 Å². The summed E-state index contributed by atoms with van der Waals surface area (Å²) in [5, 5.41) is 0. The maximum absolute atomic E-state index is 5.70. The lowest BCUT2D eigenvalue weighted by Crippen LogP contribution is -1.96. The van der Waals surface area contributed by atoms with E-state index in [1.54, 1.807) is 0 Å². The standard InChI is InChI=1S/C21H24O/c1-3-5-6-17-22-21-15-13-20(14-16-21)12-11-19-9-7-18(4-2)8-10-19/h7-10,13-16H,3-6,17H2,1-2H3. The molecule has 1 nitrogen and oxygen atoms in total. The number of ether oxygens (including phenoxy) is 1. The van der Waals surface area contributed by atoms with Gasteiger partial charge in [-0.25, -0.2) is 0 Å². The molecule has 0 unspecified atom stereocenters. The fourth-order valence-electron chi connectivity index (χ4n) is 2.14. The lowest BCUT2D eigenvalue weighted by atomic mass is 10.1. The molecule has 22 heavy (non-hydrogen) atoms. The van der Waals surface area contributed by atoms with E-state index in [9.17, 15) is 0 Å². The Kier molecular flexibility index (Phi) is 6.58. The molecule has 2 aromatic carbocycles. The molecule has 0 aliphatic carbocycles. The molecule has 0 aliphatic rings. The molecule has 114 valence electrons. The molecule has 0 aromatic heterocycles. The molecule has 0 N–H and O–H groups in total. The van der Waals surface area contributed by atoms with Gasteiger partial charge in [0.15, 0.2) is 0 Å². The monoisotopic (exact) mass is 292 g/mol. The highest BCUT2D eigenvalue weighted by Gasteiger charge is 1.94. The number of benzene rings is 2. The molecular formula is C21H24O. The summed E-state index contributed by atoms with van der Waals surface area (Å²) in [7, 11) is 0. The third-order valence-corrected chi connectivity index (χ3v) is 3.58. The molecule has 0 fully saturated rings. The van der Waals surface area contributed by atoms with Gasteiger partial charge in [0.25, 0.3) is 0 Å². The molecule has 0 saturated heterocycles. The zero-order valence-electron chi connectivity index (χ0n) is 13.6. The van der Waals surface area contributed by atoms with Crippen LogP contribution < -0.4 is 4.74 Å². The zero-order valence-corrected chi connectivity index (χ0v) is 13.6. The Balaban J connectivity index is 1.92. The number of rotatable bonds is 6. The van der Waals surface area contributed by atoms with E-state index < -0.39 is 0 Å². The van der Waals surface area contributed by atoms with E-state index in [4.69, 9.17) is 4.74 Å². The minimum absolute atomic E-state index is 0.794. The predicted octanol–water partition coefficient (Wildman–Crippen LogP) is 5.22. The van der Waals surface area contributed by atoms with Crippen molar-refractivity contribution >= 4 is 0 Å². The maximum Gasteiger partial charge on any atom is 0.119 e. The second-order valence-electron chi connectivity index (χ2n) is 5.38. The first-order valence-corrected chi connectivity index (χ1v) is 8.15. The topological polar surface area (TPSA) is 9.23 Å². The van der Waals surface area contributed by atoms with Gasteiger partial charge in [-0.05, 0) is 54.8 Å². The van der Waals surface area contributed by atoms with Gasteiger partial charge < -0.3 is 4.74 Å². The van der Waals surface area contributed by atoms with Crippen molar-refractivity contribution in [3.63, 3.8) is 0 Å². The third kappa shape index (κ3) is 5.30. The van der Waals surface area contributed by atoms with Gasteiger partial charge in [-0.3, -0.25) is 0 Å². The molecule has 0 atom stereocenters. The molecule has 0 radical (unpaired) electrons. The third-order valence-electron chi connectivity index (χ3n) is 3.58. The van der Waals surface area contributed by atoms with Crippen molar-refractivity contribution in [3.8, 4) is 17.6 Å². The smallest absolute Gasteiger partial charge is 0.119 e. The molecule has 2 rings (SSSR count). The van der Waals surface area contributed by atoms with Crippen molar-refractivity contribution in [1.29, 1.82) is 0 Å². The van der Waals surface area contributed by atoms with Crippen molar-refractivity contribution in [3.05, 3.63) is 65.2 Å². The van der Waals surface area contributed by atoms with Gasteiger partial charge in [-0.1, -0.05) is 50.7 Å². The molecule has 0 bridgehead atoms. The summed E-state index contributed by atoms with van der Waals surface area (Å²) in [6, 6.07) is 16.5. The maximum atomic E-state index is 5.70. The predicted molar refractivity (Wildman–Crippen MR) is 93.3 cm³/mol. The van der Waals surface area contributed by atoms with Crippen LogP contribution in [-0.4, -0.2) is 6.61 Å². The highest BCUT2D eigenvalue weighted by Crippen LogP contribution is 2.12. The fraction of sp³-hybridized carbons (Fsp3) is 0.333. The van der Waals surface area contributed by atoms with Gasteiger partial charge in [-0.15, -0.1) is 0 Å².